The maximum Gasteiger partial charge on any atom is 0.335 e. The first-order valence-corrected chi connectivity index (χ1v) is 8.97. The van der Waals surface area contributed by atoms with Gasteiger partial charge in [0, 0.05) is 18.6 Å². The summed E-state index contributed by atoms with van der Waals surface area (Å²) < 4.78 is 0. The lowest BCUT2D eigenvalue weighted by molar-refractivity contribution is -0.127. The van der Waals surface area contributed by atoms with Crippen LogP contribution in [0.1, 0.15) is 46.7 Å². The maximum absolute atomic E-state index is 12.8. The van der Waals surface area contributed by atoms with Gasteiger partial charge in [-0.15, -0.1) is 11.3 Å². The van der Waals surface area contributed by atoms with Gasteiger partial charge in [-0.25, -0.2) is 9.78 Å². The molecule has 0 fully saturated rings. The minimum Gasteiger partial charge on any atom is -0.478 e. The molecule has 2 rings (SSSR count). The van der Waals surface area contributed by atoms with Crippen molar-refractivity contribution < 1.29 is 14.7 Å². The van der Waals surface area contributed by atoms with E-state index < -0.39 is 11.9 Å². The molecule has 7 heteroatoms. The maximum atomic E-state index is 12.8. The number of carbonyl (C=O) groups is 2. The summed E-state index contributed by atoms with van der Waals surface area (Å²) in [5.74, 6) is -1.43. The number of hydrogen-bond acceptors (Lipinski definition) is 5. The lowest BCUT2D eigenvalue weighted by Gasteiger charge is -2.28. The van der Waals surface area contributed by atoms with Gasteiger partial charge in [0.25, 0.3) is 5.91 Å². The van der Waals surface area contributed by atoms with E-state index in [1.54, 1.807) is 36.8 Å². The minimum atomic E-state index is -1.02. The number of nitriles is 1. The van der Waals surface area contributed by atoms with Gasteiger partial charge in [0.15, 0.2) is 0 Å². The average molecular weight is 369 g/mol. The molecule has 1 unspecified atom stereocenters. The highest BCUT2D eigenvalue weighted by Crippen LogP contribution is 2.27. The van der Waals surface area contributed by atoms with E-state index in [0.29, 0.717) is 11.4 Å². The Hall–Kier alpha value is -2.98. The standard InChI is InChI=1S/C19H19N3O3S/c1-3-5-16(13-6-4-7-14(10-13)19(24)25)22(2)18(23)15(12-20)11-17-21-8-9-26-17/h4,6-11,16H,3,5H2,1-2H3,(H,24,25)/b15-11-. The largest absolute Gasteiger partial charge is 0.478 e. The van der Waals surface area contributed by atoms with Crippen molar-refractivity contribution in [3.63, 3.8) is 0 Å². The molecule has 134 valence electrons. The lowest BCUT2D eigenvalue weighted by atomic mass is 9.98. The summed E-state index contributed by atoms with van der Waals surface area (Å²) >= 11 is 1.34. The predicted molar refractivity (Wildman–Crippen MR) is 99.5 cm³/mol. The van der Waals surface area contributed by atoms with E-state index >= 15 is 0 Å². The molecule has 1 atom stereocenters. The highest BCUT2D eigenvalue weighted by atomic mass is 32.1. The number of benzene rings is 1. The fourth-order valence-corrected chi connectivity index (χ4v) is 3.21. The van der Waals surface area contributed by atoms with Crippen LogP contribution in [0.4, 0.5) is 0 Å². The Morgan fingerprint density at radius 1 is 1.46 bits per heavy atom. The molecule has 1 heterocycles. The topological polar surface area (TPSA) is 94.3 Å². The van der Waals surface area contributed by atoms with Crippen LogP contribution in [0.15, 0.2) is 41.4 Å². The third-order valence-electron chi connectivity index (χ3n) is 3.94. The van der Waals surface area contributed by atoms with Crippen LogP contribution in [0.2, 0.25) is 0 Å². The first-order valence-electron chi connectivity index (χ1n) is 8.09. The molecular formula is C19H19N3O3S. The number of aromatic carboxylic acids is 1. The zero-order chi connectivity index (χ0) is 19.1. The summed E-state index contributed by atoms with van der Waals surface area (Å²) in [6.45, 7) is 1.99. The Kier molecular flexibility index (Phi) is 6.64. The molecule has 0 aliphatic heterocycles. The van der Waals surface area contributed by atoms with Gasteiger partial charge in [-0.1, -0.05) is 25.5 Å². The van der Waals surface area contributed by atoms with Gasteiger partial charge in [0.1, 0.15) is 16.6 Å². The summed E-state index contributed by atoms with van der Waals surface area (Å²) in [7, 11) is 1.63. The van der Waals surface area contributed by atoms with Crippen molar-refractivity contribution in [2.75, 3.05) is 7.05 Å². The number of nitrogens with zero attached hydrogens (tertiary/aromatic N) is 3. The highest BCUT2D eigenvalue weighted by Gasteiger charge is 2.24. The van der Waals surface area contributed by atoms with Gasteiger partial charge in [-0.2, -0.15) is 5.26 Å². The van der Waals surface area contributed by atoms with Crippen LogP contribution >= 0.6 is 11.3 Å². The van der Waals surface area contributed by atoms with E-state index in [-0.39, 0.29) is 17.2 Å². The summed E-state index contributed by atoms with van der Waals surface area (Å²) in [5.41, 5.74) is 0.898. The molecule has 1 amide bonds. The molecule has 0 radical (unpaired) electrons. The van der Waals surface area contributed by atoms with Crippen molar-refractivity contribution in [1.29, 1.82) is 5.26 Å². The first-order chi connectivity index (χ1) is 12.5. The first kappa shape index (κ1) is 19.3. The molecule has 1 aromatic heterocycles. The Labute approximate surface area is 156 Å². The molecule has 0 aliphatic rings. The molecular weight excluding hydrogens is 350 g/mol. The Balaban J connectivity index is 2.34. The van der Waals surface area contributed by atoms with Gasteiger partial charge in [0.2, 0.25) is 0 Å². The van der Waals surface area contributed by atoms with E-state index in [0.717, 1.165) is 12.0 Å². The fourth-order valence-electron chi connectivity index (χ4n) is 2.64. The SMILES string of the molecule is CCCC(c1cccc(C(=O)O)c1)N(C)C(=O)/C(C#N)=C\c1nccs1. The number of thiazole rings is 1. The van der Waals surface area contributed by atoms with Crippen molar-refractivity contribution in [3.8, 4) is 6.07 Å². The van der Waals surface area contributed by atoms with Crippen LogP contribution in [0.5, 0.6) is 0 Å². The van der Waals surface area contributed by atoms with Crippen LogP contribution in [0, 0.1) is 11.3 Å². The quantitative estimate of drug-likeness (QED) is 0.592. The number of carbonyl (C=O) groups excluding carboxylic acids is 1. The van der Waals surface area contributed by atoms with E-state index in [2.05, 4.69) is 4.98 Å². The number of likely N-dealkylation sites (N-methyl/N-ethyl adjacent to an activating group) is 1. The molecule has 0 bridgehead atoms. The number of amides is 1. The molecule has 1 aromatic carbocycles. The molecule has 6 nitrogen and oxygen atoms in total. The Bertz CT molecular complexity index is 853. The molecule has 26 heavy (non-hydrogen) atoms. The summed E-state index contributed by atoms with van der Waals surface area (Å²) in [5, 5.41) is 20.9. The van der Waals surface area contributed by atoms with Crippen LogP contribution in [-0.2, 0) is 4.79 Å². The zero-order valence-electron chi connectivity index (χ0n) is 14.5. The number of rotatable bonds is 7. The fraction of sp³-hybridized carbons (Fsp3) is 0.263. The Morgan fingerprint density at radius 3 is 2.81 bits per heavy atom. The predicted octanol–water partition coefficient (Wildman–Crippen LogP) is 3.75. The molecule has 0 aliphatic carbocycles. The minimum absolute atomic E-state index is 0.00191. The van der Waals surface area contributed by atoms with E-state index in [1.807, 2.05) is 13.0 Å². The summed E-state index contributed by atoms with van der Waals surface area (Å²) in [6, 6.07) is 8.17. The van der Waals surface area contributed by atoms with Crippen molar-refractivity contribution >= 4 is 29.3 Å². The van der Waals surface area contributed by atoms with Crippen LogP contribution < -0.4 is 0 Å². The van der Waals surface area contributed by atoms with E-state index in [4.69, 9.17) is 0 Å². The smallest absolute Gasteiger partial charge is 0.335 e. The zero-order valence-corrected chi connectivity index (χ0v) is 15.4. The average Bonchev–Trinajstić information content (AvgIpc) is 3.16. The molecule has 0 saturated carbocycles. The summed E-state index contributed by atoms with van der Waals surface area (Å²) in [4.78, 5) is 29.6. The van der Waals surface area contributed by atoms with E-state index in [9.17, 15) is 20.0 Å². The molecule has 2 aromatic rings. The number of carboxylic acids is 1. The van der Waals surface area contributed by atoms with Crippen molar-refractivity contribution in [2.45, 2.75) is 25.8 Å². The second-order valence-electron chi connectivity index (χ2n) is 5.69. The third kappa shape index (κ3) is 4.55. The number of carboxylic acid groups (broad SMARTS) is 1. The van der Waals surface area contributed by atoms with Gasteiger partial charge in [-0.05, 0) is 30.2 Å². The van der Waals surface area contributed by atoms with Crippen molar-refractivity contribution in [2.24, 2.45) is 0 Å². The summed E-state index contributed by atoms with van der Waals surface area (Å²) in [6.07, 6.45) is 4.54. The van der Waals surface area contributed by atoms with Gasteiger partial charge >= 0.3 is 5.97 Å². The monoisotopic (exact) mass is 369 g/mol. The van der Waals surface area contributed by atoms with Crippen LogP contribution in [-0.4, -0.2) is 33.9 Å². The number of hydrogen-bond donors (Lipinski definition) is 1. The van der Waals surface area contributed by atoms with Crippen LogP contribution in [0.3, 0.4) is 0 Å². The molecule has 0 spiro atoms. The third-order valence-corrected chi connectivity index (χ3v) is 4.66. The van der Waals surface area contributed by atoms with E-state index in [1.165, 1.54) is 28.4 Å². The van der Waals surface area contributed by atoms with Gasteiger partial charge < -0.3 is 10.0 Å². The molecule has 0 saturated heterocycles. The molecule has 1 N–H and O–H groups in total. The second kappa shape index (κ2) is 8.92. The number of aromatic nitrogens is 1. The normalized spacial score (nSPS) is 12.3. The van der Waals surface area contributed by atoms with Gasteiger partial charge in [-0.3, -0.25) is 4.79 Å². The highest BCUT2D eigenvalue weighted by molar-refractivity contribution is 7.10. The van der Waals surface area contributed by atoms with Crippen molar-refractivity contribution in [3.05, 3.63) is 57.6 Å². The van der Waals surface area contributed by atoms with Crippen molar-refractivity contribution in [1.82, 2.24) is 9.88 Å². The second-order valence-corrected chi connectivity index (χ2v) is 6.62. The van der Waals surface area contributed by atoms with Gasteiger partial charge in [0.05, 0.1) is 11.6 Å². The Morgan fingerprint density at radius 2 is 2.23 bits per heavy atom. The lowest BCUT2D eigenvalue weighted by Crippen LogP contribution is -2.32. The van der Waals surface area contributed by atoms with Crippen LogP contribution in [0.25, 0.3) is 6.08 Å².